The van der Waals surface area contributed by atoms with Crippen LogP contribution >= 0.6 is 23.2 Å². The largest absolute Gasteiger partial charge is 0.452 e. The average Bonchev–Trinajstić information content (AvgIpc) is 3.02. The van der Waals surface area contributed by atoms with Crippen LogP contribution in [0.4, 0.5) is 4.39 Å². The van der Waals surface area contributed by atoms with Crippen molar-refractivity contribution in [2.24, 2.45) is 0 Å². The summed E-state index contributed by atoms with van der Waals surface area (Å²) in [7, 11) is 0. The van der Waals surface area contributed by atoms with Crippen LogP contribution in [0.15, 0.2) is 46.9 Å². The van der Waals surface area contributed by atoms with Gasteiger partial charge < -0.3 is 9.15 Å². The molecule has 0 bridgehead atoms. The minimum Gasteiger partial charge on any atom is -0.452 e. The lowest BCUT2D eigenvalue weighted by Gasteiger charge is -2.04. The van der Waals surface area contributed by atoms with Gasteiger partial charge in [0.1, 0.15) is 5.82 Å². The zero-order valence-corrected chi connectivity index (χ0v) is 13.5. The molecule has 1 aromatic heterocycles. The van der Waals surface area contributed by atoms with Crippen LogP contribution in [0.25, 0.3) is 11.5 Å². The topological polar surface area (TPSA) is 65.2 Å². The number of benzene rings is 2. The number of hydrogen-bond acceptors (Lipinski definition) is 5. The van der Waals surface area contributed by atoms with E-state index < -0.39 is 11.8 Å². The summed E-state index contributed by atoms with van der Waals surface area (Å²) in [4.78, 5) is 11.9. The lowest BCUT2D eigenvalue weighted by atomic mass is 10.2. The summed E-state index contributed by atoms with van der Waals surface area (Å²) in [6.07, 6.45) is 0. The average molecular weight is 367 g/mol. The quantitative estimate of drug-likeness (QED) is 0.634. The number of rotatable bonds is 4. The maximum absolute atomic E-state index is 13.0. The van der Waals surface area contributed by atoms with Gasteiger partial charge in [-0.15, -0.1) is 10.2 Å². The van der Waals surface area contributed by atoms with Crippen molar-refractivity contribution in [1.29, 1.82) is 0 Å². The molecule has 8 heteroatoms. The van der Waals surface area contributed by atoms with E-state index in [2.05, 4.69) is 10.2 Å². The van der Waals surface area contributed by atoms with E-state index in [-0.39, 0.29) is 29.0 Å². The number of hydrogen-bond donors (Lipinski definition) is 0. The van der Waals surface area contributed by atoms with Crippen LogP contribution in [0.3, 0.4) is 0 Å². The van der Waals surface area contributed by atoms with Gasteiger partial charge in [0.2, 0.25) is 5.89 Å². The first-order chi connectivity index (χ1) is 11.5. The first kappa shape index (κ1) is 16.4. The van der Waals surface area contributed by atoms with Crippen molar-refractivity contribution < 1.29 is 18.3 Å². The molecule has 0 amide bonds. The molecule has 0 aliphatic rings. The van der Waals surface area contributed by atoms with E-state index in [1.54, 1.807) is 24.3 Å². The van der Waals surface area contributed by atoms with Crippen LogP contribution in [0.2, 0.25) is 10.0 Å². The number of ether oxygens (including phenoxy) is 1. The highest BCUT2D eigenvalue weighted by molar-refractivity contribution is 6.33. The summed E-state index contributed by atoms with van der Waals surface area (Å²) in [5, 5.41) is 8.22. The summed E-state index contributed by atoms with van der Waals surface area (Å²) >= 11 is 11.6. The van der Waals surface area contributed by atoms with Crippen LogP contribution in [0.5, 0.6) is 0 Å². The highest BCUT2D eigenvalue weighted by Crippen LogP contribution is 2.21. The fraction of sp³-hybridized carbons (Fsp3) is 0.0625. The summed E-state index contributed by atoms with van der Waals surface area (Å²) in [5.41, 5.74) is 0.738. The van der Waals surface area contributed by atoms with Crippen molar-refractivity contribution in [1.82, 2.24) is 10.2 Å². The molecule has 0 atom stereocenters. The van der Waals surface area contributed by atoms with Crippen molar-refractivity contribution >= 4 is 29.2 Å². The standard InChI is InChI=1S/C16H9Cl2FN2O3/c17-10-3-1-9(2-4-10)15-21-20-14(24-15)8-23-16(22)12-6-5-11(19)7-13(12)18/h1-7H,8H2. The second kappa shape index (κ2) is 6.98. The van der Waals surface area contributed by atoms with Crippen molar-refractivity contribution in [3.8, 4) is 11.5 Å². The molecule has 0 aliphatic heterocycles. The predicted octanol–water partition coefficient (Wildman–Crippen LogP) is 4.54. The van der Waals surface area contributed by atoms with Gasteiger partial charge in [-0.2, -0.15) is 0 Å². The molecule has 1 heterocycles. The van der Waals surface area contributed by atoms with Gasteiger partial charge in [0, 0.05) is 10.6 Å². The van der Waals surface area contributed by atoms with Crippen LogP contribution in [-0.4, -0.2) is 16.2 Å². The molecule has 5 nitrogen and oxygen atoms in total. The Kier molecular flexibility index (Phi) is 4.78. The third kappa shape index (κ3) is 3.72. The first-order valence-corrected chi connectivity index (χ1v) is 7.49. The highest BCUT2D eigenvalue weighted by atomic mass is 35.5. The molecule has 0 radical (unpaired) electrons. The molecule has 0 unspecified atom stereocenters. The number of aromatic nitrogens is 2. The normalized spacial score (nSPS) is 10.6. The number of halogens is 3. The molecular weight excluding hydrogens is 358 g/mol. The van der Waals surface area contributed by atoms with Gasteiger partial charge in [0.15, 0.2) is 6.61 Å². The van der Waals surface area contributed by atoms with E-state index in [9.17, 15) is 9.18 Å². The number of nitrogens with zero attached hydrogens (tertiary/aromatic N) is 2. The van der Waals surface area contributed by atoms with E-state index in [0.29, 0.717) is 10.6 Å². The van der Waals surface area contributed by atoms with Crippen molar-refractivity contribution in [3.63, 3.8) is 0 Å². The van der Waals surface area contributed by atoms with E-state index in [0.717, 1.165) is 12.1 Å². The smallest absolute Gasteiger partial charge is 0.340 e. The molecule has 0 N–H and O–H groups in total. The number of esters is 1. The summed E-state index contributed by atoms with van der Waals surface area (Å²) in [5.74, 6) is -0.864. The molecule has 122 valence electrons. The summed E-state index contributed by atoms with van der Waals surface area (Å²) in [6.45, 7) is -0.229. The molecule has 0 aliphatic carbocycles. The molecule has 0 saturated heterocycles. The fourth-order valence-electron chi connectivity index (χ4n) is 1.88. The van der Waals surface area contributed by atoms with Gasteiger partial charge >= 0.3 is 5.97 Å². The van der Waals surface area contributed by atoms with E-state index in [1.807, 2.05) is 0 Å². The minimum absolute atomic E-state index is 0.0348. The van der Waals surface area contributed by atoms with Crippen LogP contribution in [-0.2, 0) is 11.3 Å². The third-order valence-corrected chi connectivity index (χ3v) is 3.60. The van der Waals surface area contributed by atoms with Crippen molar-refractivity contribution in [2.75, 3.05) is 0 Å². The maximum atomic E-state index is 13.0. The van der Waals surface area contributed by atoms with E-state index in [1.165, 1.54) is 6.07 Å². The van der Waals surface area contributed by atoms with Gasteiger partial charge in [-0.05, 0) is 42.5 Å². The molecule has 0 spiro atoms. The maximum Gasteiger partial charge on any atom is 0.340 e. The van der Waals surface area contributed by atoms with Crippen LogP contribution < -0.4 is 0 Å². The van der Waals surface area contributed by atoms with Gasteiger partial charge in [-0.3, -0.25) is 0 Å². The first-order valence-electron chi connectivity index (χ1n) is 6.73. The molecule has 0 fully saturated rings. The minimum atomic E-state index is -0.716. The third-order valence-electron chi connectivity index (χ3n) is 3.04. The van der Waals surface area contributed by atoms with Gasteiger partial charge in [-0.1, -0.05) is 23.2 Å². The Bertz CT molecular complexity index is 881. The second-order valence-electron chi connectivity index (χ2n) is 4.71. The molecule has 24 heavy (non-hydrogen) atoms. The van der Waals surface area contributed by atoms with Gasteiger partial charge in [0.05, 0.1) is 10.6 Å². The molecular formula is C16H9Cl2FN2O3. The molecule has 0 saturated carbocycles. The fourth-order valence-corrected chi connectivity index (χ4v) is 2.25. The van der Waals surface area contributed by atoms with Crippen molar-refractivity contribution in [3.05, 3.63) is 69.8 Å². The Labute approximate surface area is 146 Å². The SMILES string of the molecule is O=C(OCc1nnc(-c2ccc(Cl)cc2)o1)c1ccc(F)cc1Cl. The summed E-state index contributed by atoms with van der Waals surface area (Å²) < 4.78 is 23.4. The molecule has 2 aromatic carbocycles. The summed E-state index contributed by atoms with van der Waals surface area (Å²) in [6, 6.07) is 10.2. The monoisotopic (exact) mass is 366 g/mol. The Hall–Kier alpha value is -2.44. The Balaban J connectivity index is 1.67. The van der Waals surface area contributed by atoms with Crippen LogP contribution in [0.1, 0.15) is 16.2 Å². The Morgan fingerprint density at radius 1 is 1.12 bits per heavy atom. The second-order valence-corrected chi connectivity index (χ2v) is 5.55. The highest BCUT2D eigenvalue weighted by Gasteiger charge is 2.15. The molecule has 3 aromatic rings. The lowest BCUT2D eigenvalue weighted by Crippen LogP contribution is -2.06. The zero-order valence-electron chi connectivity index (χ0n) is 12.0. The van der Waals surface area contributed by atoms with Crippen molar-refractivity contribution in [2.45, 2.75) is 6.61 Å². The van der Waals surface area contributed by atoms with E-state index in [4.69, 9.17) is 32.4 Å². The molecule has 3 rings (SSSR count). The Morgan fingerprint density at radius 3 is 2.58 bits per heavy atom. The van der Waals surface area contributed by atoms with Gasteiger partial charge in [0.25, 0.3) is 5.89 Å². The number of carbonyl (C=O) groups is 1. The predicted molar refractivity (Wildman–Crippen MR) is 85.3 cm³/mol. The van der Waals surface area contributed by atoms with E-state index >= 15 is 0 Å². The van der Waals surface area contributed by atoms with Gasteiger partial charge in [-0.25, -0.2) is 9.18 Å². The number of carbonyl (C=O) groups excluding carboxylic acids is 1. The zero-order chi connectivity index (χ0) is 17.1. The lowest BCUT2D eigenvalue weighted by molar-refractivity contribution is 0.0439. The Morgan fingerprint density at radius 2 is 1.88 bits per heavy atom. The van der Waals surface area contributed by atoms with Crippen LogP contribution in [0, 0.1) is 5.82 Å².